The first-order valence-corrected chi connectivity index (χ1v) is 6.64. The lowest BCUT2D eigenvalue weighted by Crippen LogP contribution is -2.12. The first-order chi connectivity index (χ1) is 10.0. The van der Waals surface area contributed by atoms with Crippen LogP contribution >= 0.6 is 11.6 Å². The molecule has 2 aromatic heterocycles. The largest absolute Gasteiger partial charge is 0.451 e. The summed E-state index contributed by atoms with van der Waals surface area (Å²) in [6.07, 6.45) is 1.58. The number of carbonyl (C=O) groups excluding carboxylic acids is 1. The van der Waals surface area contributed by atoms with E-state index in [0.29, 0.717) is 17.0 Å². The molecule has 21 heavy (non-hydrogen) atoms. The minimum Gasteiger partial charge on any atom is -0.451 e. The van der Waals surface area contributed by atoms with E-state index in [1.54, 1.807) is 36.5 Å². The smallest absolute Gasteiger partial charge is 0.291 e. The molecule has 0 saturated heterocycles. The average molecular weight is 302 g/mol. The Labute approximate surface area is 125 Å². The summed E-state index contributed by atoms with van der Waals surface area (Å²) in [6.45, 7) is 1.84. The van der Waals surface area contributed by atoms with Gasteiger partial charge in [0.25, 0.3) is 5.91 Å². The van der Waals surface area contributed by atoms with Crippen LogP contribution in [0.3, 0.4) is 0 Å². The van der Waals surface area contributed by atoms with Crippen LogP contribution in [0.4, 0.5) is 11.4 Å². The molecule has 0 aliphatic heterocycles. The molecule has 3 aromatic rings. The van der Waals surface area contributed by atoms with Crippen LogP contribution in [0.15, 0.2) is 40.9 Å². The van der Waals surface area contributed by atoms with Gasteiger partial charge in [0, 0.05) is 17.3 Å². The van der Waals surface area contributed by atoms with Crippen LogP contribution in [0.1, 0.15) is 16.1 Å². The lowest BCUT2D eigenvalue weighted by molar-refractivity contribution is 0.0998. The molecular formula is C15H12ClN3O2. The molecule has 0 fully saturated rings. The number of nitrogens with one attached hydrogen (secondary N) is 1. The van der Waals surface area contributed by atoms with Crippen molar-refractivity contribution in [1.29, 1.82) is 0 Å². The number of anilines is 2. The number of nitrogens with zero attached hydrogens (tertiary/aromatic N) is 1. The molecule has 106 valence electrons. The van der Waals surface area contributed by atoms with Gasteiger partial charge in [-0.1, -0.05) is 11.6 Å². The zero-order valence-electron chi connectivity index (χ0n) is 11.2. The predicted molar refractivity (Wildman–Crippen MR) is 82.6 cm³/mol. The third-order valence-corrected chi connectivity index (χ3v) is 3.40. The zero-order chi connectivity index (χ0) is 15.0. The summed E-state index contributed by atoms with van der Waals surface area (Å²) in [5.74, 6) is -0.197. The van der Waals surface area contributed by atoms with Gasteiger partial charge in [0.2, 0.25) is 0 Å². The minimum atomic E-state index is -0.386. The summed E-state index contributed by atoms with van der Waals surface area (Å²) in [6, 6.07) is 8.60. The summed E-state index contributed by atoms with van der Waals surface area (Å²) >= 11 is 5.99. The van der Waals surface area contributed by atoms with Gasteiger partial charge in [0.1, 0.15) is 5.58 Å². The number of furan rings is 1. The van der Waals surface area contributed by atoms with Gasteiger partial charge in [-0.05, 0) is 42.8 Å². The number of halogens is 1. The van der Waals surface area contributed by atoms with E-state index >= 15 is 0 Å². The van der Waals surface area contributed by atoms with E-state index in [4.69, 9.17) is 21.8 Å². The molecule has 0 spiro atoms. The van der Waals surface area contributed by atoms with E-state index in [-0.39, 0.29) is 16.8 Å². The maximum atomic E-state index is 12.3. The van der Waals surface area contributed by atoms with Crippen molar-refractivity contribution >= 4 is 39.9 Å². The number of carbonyl (C=O) groups is 1. The number of aryl methyl sites for hydroxylation is 1. The molecule has 0 aliphatic rings. The standard InChI is InChI=1S/C15H12ClN3O2/c1-8-4-5-18-14(16)13(8)19-15(20)12-7-9-6-10(17)2-3-11(9)21-12/h2-7H,17H2,1H3,(H,19,20). The van der Waals surface area contributed by atoms with E-state index < -0.39 is 0 Å². The van der Waals surface area contributed by atoms with Gasteiger partial charge in [0.05, 0.1) is 5.69 Å². The number of pyridine rings is 1. The fourth-order valence-electron chi connectivity index (χ4n) is 2.02. The molecule has 1 aromatic carbocycles. The van der Waals surface area contributed by atoms with Crippen molar-refractivity contribution in [2.24, 2.45) is 0 Å². The van der Waals surface area contributed by atoms with E-state index in [2.05, 4.69) is 10.3 Å². The Balaban J connectivity index is 1.94. The number of aromatic nitrogens is 1. The Morgan fingerprint density at radius 2 is 2.14 bits per heavy atom. The second-order valence-electron chi connectivity index (χ2n) is 4.66. The average Bonchev–Trinajstić information content (AvgIpc) is 2.86. The van der Waals surface area contributed by atoms with Crippen LogP contribution in [-0.2, 0) is 0 Å². The van der Waals surface area contributed by atoms with Crippen LogP contribution in [0.2, 0.25) is 5.15 Å². The summed E-state index contributed by atoms with van der Waals surface area (Å²) in [4.78, 5) is 16.2. The molecule has 0 bridgehead atoms. The van der Waals surface area contributed by atoms with Crippen LogP contribution < -0.4 is 11.1 Å². The Morgan fingerprint density at radius 1 is 1.33 bits per heavy atom. The molecule has 0 unspecified atom stereocenters. The highest BCUT2D eigenvalue weighted by molar-refractivity contribution is 6.32. The van der Waals surface area contributed by atoms with E-state index in [1.807, 2.05) is 6.92 Å². The van der Waals surface area contributed by atoms with E-state index in [0.717, 1.165) is 10.9 Å². The Morgan fingerprint density at radius 3 is 2.90 bits per heavy atom. The van der Waals surface area contributed by atoms with Crippen molar-refractivity contribution < 1.29 is 9.21 Å². The van der Waals surface area contributed by atoms with E-state index in [9.17, 15) is 4.79 Å². The van der Waals surface area contributed by atoms with Crippen LogP contribution in [0, 0.1) is 6.92 Å². The molecule has 6 heteroatoms. The number of amides is 1. The van der Waals surface area contributed by atoms with Crippen molar-refractivity contribution in [3.8, 4) is 0 Å². The molecule has 2 heterocycles. The number of fused-ring (bicyclic) bond motifs is 1. The molecule has 5 nitrogen and oxygen atoms in total. The van der Waals surface area contributed by atoms with Crippen molar-refractivity contribution in [3.05, 3.63) is 53.0 Å². The monoisotopic (exact) mass is 301 g/mol. The third kappa shape index (κ3) is 2.55. The Bertz CT molecular complexity index is 822. The molecule has 0 radical (unpaired) electrons. The first-order valence-electron chi connectivity index (χ1n) is 6.26. The van der Waals surface area contributed by atoms with Crippen molar-refractivity contribution in [2.45, 2.75) is 6.92 Å². The normalized spacial score (nSPS) is 10.8. The Kier molecular flexibility index (Phi) is 3.27. The second kappa shape index (κ2) is 5.10. The SMILES string of the molecule is Cc1ccnc(Cl)c1NC(=O)c1cc2cc(N)ccc2o1. The van der Waals surface area contributed by atoms with Gasteiger partial charge in [0.15, 0.2) is 10.9 Å². The van der Waals surface area contributed by atoms with Crippen molar-refractivity contribution in [2.75, 3.05) is 11.1 Å². The molecule has 1 amide bonds. The highest BCUT2D eigenvalue weighted by Gasteiger charge is 2.15. The van der Waals surface area contributed by atoms with Crippen molar-refractivity contribution in [3.63, 3.8) is 0 Å². The zero-order valence-corrected chi connectivity index (χ0v) is 11.9. The quantitative estimate of drug-likeness (QED) is 0.559. The highest BCUT2D eigenvalue weighted by Crippen LogP contribution is 2.26. The Hall–Kier alpha value is -2.53. The van der Waals surface area contributed by atoms with Crippen LogP contribution in [0.5, 0.6) is 0 Å². The van der Waals surface area contributed by atoms with Gasteiger partial charge in [-0.15, -0.1) is 0 Å². The number of nitrogen functional groups attached to an aromatic ring is 1. The summed E-state index contributed by atoms with van der Waals surface area (Å²) in [5, 5.41) is 3.72. The number of hydrogen-bond acceptors (Lipinski definition) is 4. The number of rotatable bonds is 2. The minimum absolute atomic E-state index is 0.190. The van der Waals surface area contributed by atoms with Gasteiger partial charge < -0.3 is 15.5 Å². The van der Waals surface area contributed by atoms with E-state index in [1.165, 1.54) is 0 Å². The fraction of sp³-hybridized carbons (Fsp3) is 0.0667. The lowest BCUT2D eigenvalue weighted by Gasteiger charge is -2.07. The second-order valence-corrected chi connectivity index (χ2v) is 5.01. The first kappa shape index (κ1) is 13.5. The lowest BCUT2D eigenvalue weighted by atomic mass is 10.2. The summed E-state index contributed by atoms with van der Waals surface area (Å²) in [7, 11) is 0. The van der Waals surface area contributed by atoms with Crippen molar-refractivity contribution in [1.82, 2.24) is 4.98 Å². The van der Waals surface area contributed by atoms with Gasteiger partial charge >= 0.3 is 0 Å². The predicted octanol–water partition coefficient (Wildman–Crippen LogP) is 3.62. The van der Waals surface area contributed by atoms with Gasteiger partial charge in [-0.2, -0.15) is 0 Å². The fourth-order valence-corrected chi connectivity index (χ4v) is 2.28. The third-order valence-electron chi connectivity index (χ3n) is 3.12. The molecule has 3 N–H and O–H groups in total. The molecular weight excluding hydrogens is 290 g/mol. The van der Waals surface area contributed by atoms with Crippen LogP contribution in [0.25, 0.3) is 11.0 Å². The maximum Gasteiger partial charge on any atom is 0.291 e. The maximum absolute atomic E-state index is 12.3. The number of benzene rings is 1. The number of nitrogens with two attached hydrogens (primary N) is 1. The molecule has 0 atom stereocenters. The molecule has 0 aliphatic carbocycles. The molecule has 0 saturated carbocycles. The molecule has 3 rings (SSSR count). The highest BCUT2D eigenvalue weighted by atomic mass is 35.5. The summed E-state index contributed by atoms with van der Waals surface area (Å²) < 4.78 is 5.51. The summed E-state index contributed by atoms with van der Waals surface area (Å²) in [5.41, 5.74) is 8.22. The number of hydrogen-bond donors (Lipinski definition) is 2. The van der Waals surface area contributed by atoms with Gasteiger partial charge in [-0.3, -0.25) is 4.79 Å². The topological polar surface area (TPSA) is 81.2 Å². The van der Waals surface area contributed by atoms with Crippen LogP contribution in [-0.4, -0.2) is 10.9 Å². The van der Waals surface area contributed by atoms with Gasteiger partial charge in [-0.25, -0.2) is 4.98 Å².